The molecule has 0 amide bonds. The highest BCUT2D eigenvalue weighted by atomic mass is 79.9. The molecule has 0 saturated heterocycles. The van der Waals surface area contributed by atoms with Gasteiger partial charge in [0.1, 0.15) is 0 Å². The molecule has 3 atom stereocenters. The normalized spacial score (nSPS) is 22.2. The number of rotatable bonds is 4. The molecule has 4 rings (SSSR count). The van der Waals surface area contributed by atoms with Gasteiger partial charge in [-0.25, -0.2) is 4.79 Å². The smallest absolute Gasteiger partial charge is 0.336 e. The maximum atomic E-state index is 11.6. The zero-order chi connectivity index (χ0) is 20.0. The summed E-state index contributed by atoms with van der Waals surface area (Å²) in [5.74, 6) is 1.03. The second-order valence-corrected chi connectivity index (χ2v) is 8.08. The Hall–Kier alpha value is -2.47. The quantitative estimate of drug-likeness (QED) is 0.627. The van der Waals surface area contributed by atoms with Crippen LogP contribution in [0.15, 0.2) is 40.9 Å². The Labute approximate surface area is 172 Å². The van der Waals surface area contributed by atoms with Crippen molar-refractivity contribution in [2.75, 3.05) is 19.5 Å². The molecule has 1 heterocycles. The second kappa shape index (κ2) is 7.17. The third-order valence-corrected chi connectivity index (χ3v) is 6.43. The van der Waals surface area contributed by atoms with Gasteiger partial charge in [-0.3, -0.25) is 0 Å². The van der Waals surface area contributed by atoms with Crippen molar-refractivity contribution < 1.29 is 19.4 Å². The number of hydrogen-bond acceptors (Lipinski definition) is 4. The molecule has 2 aromatic rings. The number of carboxylic acid groups (broad SMARTS) is 1. The number of allylic oxidation sites excluding steroid dienone is 2. The molecule has 2 aromatic carbocycles. The van der Waals surface area contributed by atoms with E-state index < -0.39 is 5.97 Å². The zero-order valence-corrected chi connectivity index (χ0v) is 17.5. The minimum Gasteiger partial charge on any atom is -0.493 e. The van der Waals surface area contributed by atoms with E-state index in [9.17, 15) is 9.90 Å². The lowest BCUT2D eigenvalue weighted by atomic mass is 9.76. The lowest BCUT2D eigenvalue weighted by Gasteiger charge is -2.38. The Kier molecular flexibility index (Phi) is 4.83. The summed E-state index contributed by atoms with van der Waals surface area (Å²) in [6.45, 7) is 1.87. The molecular weight excluding hydrogens is 422 g/mol. The molecule has 0 fully saturated rings. The van der Waals surface area contributed by atoms with E-state index in [1.165, 1.54) is 0 Å². The molecular formula is C22H22BrNO4. The summed E-state index contributed by atoms with van der Waals surface area (Å²) in [7, 11) is 3.24. The molecule has 0 bridgehead atoms. The van der Waals surface area contributed by atoms with E-state index >= 15 is 0 Å². The van der Waals surface area contributed by atoms with Gasteiger partial charge < -0.3 is 19.9 Å². The molecule has 2 N–H and O–H groups in total. The SMILES string of the molecule is COc1cc([C@@H]2Nc3c(ccc(C(=O)O)c3C)[C@@H]3C=CC[C@H]32)cc(Br)c1OC. The maximum Gasteiger partial charge on any atom is 0.336 e. The summed E-state index contributed by atoms with van der Waals surface area (Å²) in [6, 6.07) is 7.75. The monoisotopic (exact) mass is 443 g/mol. The van der Waals surface area contributed by atoms with Crippen molar-refractivity contribution in [3.05, 3.63) is 63.1 Å². The molecule has 0 spiro atoms. The van der Waals surface area contributed by atoms with Crippen LogP contribution in [0.5, 0.6) is 11.5 Å². The predicted molar refractivity (Wildman–Crippen MR) is 112 cm³/mol. The molecule has 146 valence electrons. The van der Waals surface area contributed by atoms with Gasteiger partial charge in [0, 0.05) is 11.6 Å². The van der Waals surface area contributed by atoms with E-state index in [1.807, 2.05) is 19.1 Å². The molecule has 5 nitrogen and oxygen atoms in total. The fraction of sp³-hybridized carbons (Fsp3) is 0.318. The molecule has 0 unspecified atom stereocenters. The lowest BCUT2D eigenvalue weighted by Crippen LogP contribution is -2.30. The highest BCUT2D eigenvalue weighted by molar-refractivity contribution is 9.10. The number of aromatic carboxylic acids is 1. The van der Waals surface area contributed by atoms with Gasteiger partial charge in [-0.1, -0.05) is 18.2 Å². The van der Waals surface area contributed by atoms with Gasteiger partial charge in [-0.2, -0.15) is 0 Å². The Morgan fingerprint density at radius 2 is 2.04 bits per heavy atom. The number of carboxylic acids is 1. The summed E-state index contributed by atoms with van der Waals surface area (Å²) in [4.78, 5) is 11.6. The summed E-state index contributed by atoms with van der Waals surface area (Å²) in [5.41, 5.74) is 4.27. The minimum absolute atomic E-state index is 0.0337. The third-order valence-electron chi connectivity index (χ3n) is 5.84. The number of benzene rings is 2. The van der Waals surface area contributed by atoms with Crippen molar-refractivity contribution in [2.45, 2.75) is 25.3 Å². The van der Waals surface area contributed by atoms with Crippen molar-refractivity contribution in [1.29, 1.82) is 0 Å². The standard InChI is InChI=1S/C22H22BrNO4/c1-11-13(22(25)26)7-8-16-14-5-4-6-15(14)20(24-19(11)16)12-9-17(23)21(28-3)18(10-12)27-2/h4-5,7-10,14-15,20,24H,6H2,1-3H3,(H,25,26)/t14-,15-,20+/m1/s1. The van der Waals surface area contributed by atoms with Crippen LogP contribution in [0.2, 0.25) is 0 Å². The average Bonchev–Trinajstić information content (AvgIpc) is 3.16. The molecule has 6 heteroatoms. The number of halogens is 1. The summed E-state index contributed by atoms with van der Waals surface area (Å²) >= 11 is 3.59. The van der Waals surface area contributed by atoms with Crippen molar-refractivity contribution in [1.82, 2.24) is 0 Å². The van der Waals surface area contributed by atoms with Gasteiger partial charge in [-0.05, 0) is 70.1 Å². The van der Waals surface area contributed by atoms with E-state index in [1.54, 1.807) is 20.3 Å². The number of carbonyl (C=O) groups is 1. The molecule has 1 aliphatic heterocycles. The van der Waals surface area contributed by atoms with Crippen LogP contribution in [-0.2, 0) is 0 Å². The van der Waals surface area contributed by atoms with Crippen LogP contribution in [0.4, 0.5) is 5.69 Å². The fourth-order valence-electron chi connectivity index (χ4n) is 4.49. The first-order valence-corrected chi connectivity index (χ1v) is 9.97. The van der Waals surface area contributed by atoms with Crippen molar-refractivity contribution in [2.24, 2.45) is 5.92 Å². The van der Waals surface area contributed by atoms with Gasteiger partial charge in [0.05, 0.1) is 30.3 Å². The Bertz CT molecular complexity index is 985. The highest BCUT2D eigenvalue weighted by Gasteiger charge is 2.39. The molecule has 2 aliphatic rings. The first kappa shape index (κ1) is 18.9. The Balaban J connectivity index is 1.84. The molecule has 28 heavy (non-hydrogen) atoms. The van der Waals surface area contributed by atoms with Gasteiger partial charge in [0.25, 0.3) is 0 Å². The maximum absolute atomic E-state index is 11.6. The van der Waals surface area contributed by atoms with Crippen LogP contribution >= 0.6 is 15.9 Å². The Morgan fingerprint density at radius 1 is 1.25 bits per heavy atom. The van der Waals surface area contributed by atoms with Crippen LogP contribution in [0.25, 0.3) is 0 Å². The van der Waals surface area contributed by atoms with E-state index in [0.717, 1.165) is 33.3 Å². The molecule has 0 saturated carbocycles. The Morgan fingerprint density at radius 3 is 2.71 bits per heavy atom. The number of fused-ring (bicyclic) bond motifs is 3. The molecule has 0 aromatic heterocycles. The van der Waals surface area contributed by atoms with Crippen LogP contribution in [0, 0.1) is 12.8 Å². The largest absolute Gasteiger partial charge is 0.493 e. The van der Waals surface area contributed by atoms with Gasteiger partial charge in [0.15, 0.2) is 11.5 Å². The highest BCUT2D eigenvalue weighted by Crippen LogP contribution is 2.52. The minimum atomic E-state index is -0.906. The number of hydrogen-bond donors (Lipinski definition) is 2. The average molecular weight is 444 g/mol. The van der Waals surface area contributed by atoms with E-state index in [2.05, 4.69) is 39.5 Å². The van der Waals surface area contributed by atoms with Crippen LogP contribution in [-0.4, -0.2) is 25.3 Å². The van der Waals surface area contributed by atoms with Gasteiger partial charge in [0.2, 0.25) is 0 Å². The van der Waals surface area contributed by atoms with Crippen LogP contribution < -0.4 is 14.8 Å². The number of anilines is 1. The van der Waals surface area contributed by atoms with Crippen LogP contribution in [0.1, 0.15) is 45.4 Å². The van der Waals surface area contributed by atoms with Crippen LogP contribution in [0.3, 0.4) is 0 Å². The van der Waals surface area contributed by atoms with Gasteiger partial charge >= 0.3 is 5.97 Å². The van der Waals surface area contributed by atoms with Crippen molar-refractivity contribution in [3.8, 4) is 11.5 Å². The van der Waals surface area contributed by atoms with Crippen molar-refractivity contribution >= 4 is 27.6 Å². The first-order chi connectivity index (χ1) is 13.5. The van der Waals surface area contributed by atoms with E-state index in [4.69, 9.17) is 9.47 Å². The number of nitrogens with one attached hydrogen (secondary N) is 1. The predicted octanol–water partition coefficient (Wildman–Crippen LogP) is 5.30. The summed E-state index contributed by atoms with van der Waals surface area (Å²) in [6.07, 6.45) is 5.43. The zero-order valence-electron chi connectivity index (χ0n) is 16.0. The second-order valence-electron chi connectivity index (χ2n) is 7.22. The lowest BCUT2D eigenvalue weighted by molar-refractivity contribution is 0.0696. The summed E-state index contributed by atoms with van der Waals surface area (Å²) < 4.78 is 11.8. The van der Waals surface area contributed by atoms with E-state index in [0.29, 0.717) is 23.0 Å². The van der Waals surface area contributed by atoms with Crippen molar-refractivity contribution in [3.63, 3.8) is 0 Å². The summed E-state index contributed by atoms with van der Waals surface area (Å²) in [5, 5.41) is 13.2. The number of methoxy groups -OCH3 is 2. The molecule has 1 aliphatic carbocycles. The topological polar surface area (TPSA) is 67.8 Å². The van der Waals surface area contributed by atoms with Gasteiger partial charge in [-0.15, -0.1) is 0 Å². The van der Waals surface area contributed by atoms with E-state index in [-0.39, 0.29) is 12.0 Å². The first-order valence-electron chi connectivity index (χ1n) is 9.17. The molecule has 0 radical (unpaired) electrons. The number of ether oxygens (including phenoxy) is 2. The fourth-order valence-corrected chi connectivity index (χ4v) is 5.12. The third kappa shape index (κ3) is 2.87.